The molecule has 5 nitrogen and oxygen atoms in total. The van der Waals surface area contributed by atoms with Crippen LogP contribution in [-0.2, 0) is 13.0 Å². The zero-order chi connectivity index (χ0) is 14.4. The van der Waals surface area contributed by atoms with E-state index in [1.54, 1.807) is 0 Å². The summed E-state index contributed by atoms with van der Waals surface area (Å²) in [5, 5.41) is 0. The van der Waals surface area contributed by atoms with Gasteiger partial charge in [0, 0.05) is 13.0 Å². The largest absolute Gasteiger partial charge is 0.382 e. The molecule has 0 fully saturated rings. The third-order valence-corrected chi connectivity index (χ3v) is 3.02. The van der Waals surface area contributed by atoms with Gasteiger partial charge in [0.2, 0.25) is 0 Å². The molecule has 0 spiro atoms. The van der Waals surface area contributed by atoms with E-state index in [0.29, 0.717) is 11.3 Å². The fraction of sp³-hybridized carbons (Fsp3) is 0.615. The lowest BCUT2D eigenvalue weighted by Crippen LogP contribution is -2.03. The molecular weight excluding hydrogens is 306 g/mol. The number of fused-ring (bicyclic) bond motifs is 1. The third-order valence-electron chi connectivity index (χ3n) is 2.41. The first-order valence-electron chi connectivity index (χ1n) is 6.76. The summed E-state index contributed by atoms with van der Waals surface area (Å²) in [5.74, 6) is 1.25. The number of nitrogens with zero attached hydrogens (tertiary/aromatic N) is 4. The van der Waals surface area contributed by atoms with Crippen molar-refractivity contribution < 1.29 is 0 Å². The van der Waals surface area contributed by atoms with Gasteiger partial charge in [0.25, 0.3) is 0 Å². The molecule has 0 saturated carbocycles. The summed E-state index contributed by atoms with van der Waals surface area (Å²) in [4.78, 5) is 13.1. The highest BCUT2D eigenvalue weighted by Crippen LogP contribution is 2.22. The maximum absolute atomic E-state index is 5.88. The van der Waals surface area contributed by atoms with Gasteiger partial charge in [0.15, 0.2) is 21.7 Å². The minimum Gasteiger partial charge on any atom is -0.382 e. The van der Waals surface area contributed by atoms with Gasteiger partial charge in [0.1, 0.15) is 5.82 Å². The maximum Gasteiger partial charge on any atom is 0.179 e. The van der Waals surface area contributed by atoms with E-state index in [-0.39, 0.29) is 0 Å². The van der Waals surface area contributed by atoms with Crippen LogP contribution in [-0.4, -0.2) is 19.5 Å². The van der Waals surface area contributed by atoms with Gasteiger partial charge in [-0.2, -0.15) is 0 Å². The van der Waals surface area contributed by atoms with E-state index in [1.807, 2.05) is 11.5 Å². The maximum atomic E-state index is 5.88. The zero-order valence-corrected chi connectivity index (χ0v) is 13.7. The number of aromatic nitrogens is 4. The molecule has 0 amide bonds. The van der Waals surface area contributed by atoms with Crippen LogP contribution in [0.5, 0.6) is 0 Å². The summed E-state index contributed by atoms with van der Waals surface area (Å²) < 4.78 is 2.73. The van der Waals surface area contributed by atoms with Crippen LogP contribution in [0.4, 0.5) is 5.82 Å². The number of anilines is 1. The summed E-state index contributed by atoms with van der Waals surface area (Å²) >= 11 is 3.40. The van der Waals surface area contributed by atoms with Crippen molar-refractivity contribution in [2.45, 2.75) is 53.5 Å². The molecule has 2 aromatic heterocycles. The lowest BCUT2D eigenvalue weighted by Gasteiger charge is -2.03. The Morgan fingerprint density at radius 3 is 2.26 bits per heavy atom. The molecule has 0 atom stereocenters. The Hall–Kier alpha value is -1.17. The first-order chi connectivity index (χ1) is 9.08. The standard InChI is InChI=1S/C10H14BrN5.C3H8/c1-3-5-6-13-8(12)7-9(14-6)16(4-2)10(11)15-7;1-3-2/h3-5H2,1-2H3,(H2,12,13,14);3H2,1-2H3. The molecule has 0 aliphatic heterocycles. The Morgan fingerprint density at radius 2 is 1.74 bits per heavy atom. The Morgan fingerprint density at radius 1 is 1.11 bits per heavy atom. The minimum absolute atomic E-state index is 0.460. The topological polar surface area (TPSA) is 69.6 Å². The van der Waals surface area contributed by atoms with Crippen molar-refractivity contribution in [1.82, 2.24) is 19.5 Å². The van der Waals surface area contributed by atoms with Crippen LogP contribution in [0.15, 0.2) is 4.73 Å². The number of hydrogen-bond donors (Lipinski definition) is 1. The first-order valence-corrected chi connectivity index (χ1v) is 7.56. The average Bonchev–Trinajstić information content (AvgIpc) is 2.67. The van der Waals surface area contributed by atoms with Gasteiger partial charge in [-0.05, 0) is 29.3 Å². The van der Waals surface area contributed by atoms with Crippen molar-refractivity contribution in [3.8, 4) is 0 Å². The van der Waals surface area contributed by atoms with Crippen LogP contribution < -0.4 is 5.73 Å². The minimum atomic E-state index is 0.460. The molecule has 106 valence electrons. The van der Waals surface area contributed by atoms with Crippen molar-refractivity contribution in [3.05, 3.63) is 10.6 Å². The molecule has 6 heteroatoms. The fourth-order valence-corrected chi connectivity index (χ4v) is 2.25. The highest BCUT2D eigenvalue weighted by atomic mass is 79.9. The van der Waals surface area contributed by atoms with Gasteiger partial charge in [-0.3, -0.25) is 0 Å². The molecule has 2 aromatic rings. The van der Waals surface area contributed by atoms with Crippen LogP contribution in [0.25, 0.3) is 11.2 Å². The Balaban J connectivity index is 0.000000550. The van der Waals surface area contributed by atoms with Crippen molar-refractivity contribution in [2.24, 2.45) is 0 Å². The van der Waals surface area contributed by atoms with Gasteiger partial charge in [-0.15, -0.1) is 0 Å². The molecule has 2 N–H and O–H groups in total. The number of imidazole rings is 1. The van der Waals surface area contributed by atoms with E-state index in [0.717, 1.165) is 35.6 Å². The molecule has 0 radical (unpaired) electrons. The van der Waals surface area contributed by atoms with Gasteiger partial charge in [-0.25, -0.2) is 15.0 Å². The van der Waals surface area contributed by atoms with Crippen molar-refractivity contribution in [2.75, 3.05) is 5.73 Å². The van der Waals surface area contributed by atoms with Gasteiger partial charge in [-0.1, -0.05) is 27.2 Å². The van der Waals surface area contributed by atoms with Gasteiger partial charge >= 0.3 is 0 Å². The second-order valence-electron chi connectivity index (χ2n) is 4.28. The summed E-state index contributed by atoms with van der Waals surface area (Å²) in [5.41, 5.74) is 7.36. The first kappa shape index (κ1) is 15.9. The molecule has 19 heavy (non-hydrogen) atoms. The highest BCUT2D eigenvalue weighted by molar-refractivity contribution is 9.10. The Bertz CT molecular complexity index is 535. The summed E-state index contributed by atoms with van der Waals surface area (Å²) in [6, 6.07) is 0. The molecule has 0 unspecified atom stereocenters. The molecule has 2 rings (SSSR count). The van der Waals surface area contributed by atoms with E-state index in [4.69, 9.17) is 5.73 Å². The van der Waals surface area contributed by atoms with E-state index < -0.39 is 0 Å². The number of halogens is 1. The number of aryl methyl sites for hydroxylation is 2. The molecule has 0 aliphatic rings. The molecule has 0 aliphatic carbocycles. The lowest BCUT2D eigenvalue weighted by molar-refractivity contribution is 0.749. The van der Waals surface area contributed by atoms with Crippen LogP contribution >= 0.6 is 15.9 Å². The van der Waals surface area contributed by atoms with Crippen LogP contribution in [0.3, 0.4) is 0 Å². The molecule has 0 saturated heterocycles. The molecule has 0 aromatic carbocycles. The third kappa shape index (κ3) is 3.65. The lowest BCUT2D eigenvalue weighted by atomic mass is 10.3. The number of hydrogen-bond acceptors (Lipinski definition) is 4. The number of rotatable bonds is 3. The predicted molar refractivity (Wildman–Crippen MR) is 83.1 cm³/mol. The highest BCUT2D eigenvalue weighted by Gasteiger charge is 2.13. The second kappa shape index (κ2) is 7.43. The molecular formula is C13H22BrN5. The average molecular weight is 328 g/mol. The van der Waals surface area contributed by atoms with Gasteiger partial charge in [0.05, 0.1) is 0 Å². The quantitative estimate of drug-likeness (QED) is 0.875. The van der Waals surface area contributed by atoms with Crippen LogP contribution in [0.2, 0.25) is 0 Å². The SMILES string of the molecule is CCC.CCCc1nc(N)c2nc(Br)n(CC)c2n1. The van der Waals surface area contributed by atoms with Crippen molar-refractivity contribution in [3.63, 3.8) is 0 Å². The summed E-state index contributed by atoms with van der Waals surface area (Å²) in [7, 11) is 0. The fourth-order valence-electron chi connectivity index (χ4n) is 1.66. The number of nitrogens with two attached hydrogens (primary N) is 1. The van der Waals surface area contributed by atoms with Crippen LogP contribution in [0, 0.1) is 0 Å². The van der Waals surface area contributed by atoms with E-state index >= 15 is 0 Å². The van der Waals surface area contributed by atoms with Crippen molar-refractivity contribution in [1.29, 1.82) is 0 Å². The molecule has 2 heterocycles. The van der Waals surface area contributed by atoms with E-state index in [1.165, 1.54) is 6.42 Å². The van der Waals surface area contributed by atoms with Crippen molar-refractivity contribution >= 4 is 32.9 Å². The Labute approximate surface area is 122 Å². The van der Waals surface area contributed by atoms with E-state index in [9.17, 15) is 0 Å². The summed E-state index contributed by atoms with van der Waals surface area (Å²) in [6.07, 6.45) is 3.10. The van der Waals surface area contributed by atoms with Crippen LogP contribution in [0.1, 0.15) is 46.4 Å². The van der Waals surface area contributed by atoms with E-state index in [2.05, 4.69) is 51.7 Å². The zero-order valence-electron chi connectivity index (χ0n) is 12.1. The number of nitrogen functional groups attached to an aromatic ring is 1. The Kier molecular flexibility index (Phi) is 6.21. The monoisotopic (exact) mass is 327 g/mol. The normalized spacial score (nSPS) is 10.4. The van der Waals surface area contributed by atoms with Gasteiger partial charge < -0.3 is 10.3 Å². The summed E-state index contributed by atoms with van der Waals surface area (Å²) in [6.45, 7) is 9.19. The second-order valence-corrected chi connectivity index (χ2v) is 4.99. The predicted octanol–water partition coefficient (Wildman–Crippen LogP) is 3.56. The molecule has 0 bridgehead atoms. The smallest absolute Gasteiger partial charge is 0.179 e.